The number of hydrogen-bond donors (Lipinski definition) is 2. The number of aromatic amines is 1. The Morgan fingerprint density at radius 1 is 1.09 bits per heavy atom. The number of aromatic nitrogens is 1. The maximum Gasteiger partial charge on any atom is 0.416 e. The van der Waals surface area contributed by atoms with Crippen molar-refractivity contribution in [2.24, 2.45) is 5.92 Å². The molecule has 3 rings (SSSR count). The zero-order chi connectivity index (χ0) is 23.0. The average molecular weight is 467 g/mol. The van der Waals surface area contributed by atoms with Crippen molar-refractivity contribution < 1.29 is 22.6 Å². The summed E-state index contributed by atoms with van der Waals surface area (Å²) in [6.45, 7) is 3.37. The van der Waals surface area contributed by atoms with Crippen molar-refractivity contribution in [3.05, 3.63) is 59.8 Å². The summed E-state index contributed by atoms with van der Waals surface area (Å²) in [7, 11) is 1.73. The minimum absolute atomic E-state index is 0.385. The molecule has 0 aliphatic heterocycles. The van der Waals surface area contributed by atoms with Gasteiger partial charge in [-0.2, -0.15) is 13.2 Å². The predicted molar refractivity (Wildman–Crippen MR) is 125 cm³/mol. The molecular weight excluding hydrogens is 437 g/mol. The SMILES string of the molecule is CCC(CCOC)CSNc1c[nH]c2ccc(CCOc3ccc(C(F)(F)F)cc3)cc12. The first-order chi connectivity index (χ1) is 15.4. The van der Waals surface area contributed by atoms with Crippen LogP contribution in [0.25, 0.3) is 10.9 Å². The highest BCUT2D eigenvalue weighted by Gasteiger charge is 2.30. The van der Waals surface area contributed by atoms with E-state index in [1.165, 1.54) is 12.1 Å². The van der Waals surface area contributed by atoms with Crippen LogP contribution in [-0.2, 0) is 17.3 Å². The molecule has 0 spiro atoms. The molecule has 0 aliphatic rings. The molecule has 0 saturated carbocycles. The standard InChI is InChI=1S/C24H29F3N2O2S/c1-3-17(10-12-30-2)16-32-29-23-15-28-22-9-4-18(14-21(22)23)11-13-31-20-7-5-19(6-8-20)24(25,26)27/h4-9,14-15,17,28-29H,3,10-13,16H2,1-2H3. The van der Waals surface area contributed by atoms with Crippen LogP contribution in [0.15, 0.2) is 48.7 Å². The first-order valence-electron chi connectivity index (χ1n) is 10.7. The molecule has 32 heavy (non-hydrogen) atoms. The van der Waals surface area contributed by atoms with Crippen LogP contribution < -0.4 is 9.46 Å². The molecule has 8 heteroatoms. The molecule has 3 aromatic rings. The van der Waals surface area contributed by atoms with Crippen LogP contribution in [0.1, 0.15) is 30.9 Å². The largest absolute Gasteiger partial charge is 0.493 e. The van der Waals surface area contributed by atoms with Gasteiger partial charge in [0.2, 0.25) is 0 Å². The lowest BCUT2D eigenvalue weighted by Crippen LogP contribution is -2.07. The second-order valence-corrected chi connectivity index (χ2v) is 8.50. The van der Waals surface area contributed by atoms with Gasteiger partial charge in [0.05, 0.1) is 17.9 Å². The van der Waals surface area contributed by atoms with Crippen molar-refractivity contribution in [3.8, 4) is 5.75 Å². The van der Waals surface area contributed by atoms with Gasteiger partial charge in [-0.15, -0.1) is 0 Å². The molecule has 1 aromatic heterocycles. The van der Waals surface area contributed by atoms with E-state index in [9.17, 15) is 13.2 Å². The number of fused-ring (bicyclic) bond motifs is 1. The molecule has 2 N–H and O–H groups in total. The highest BCUT2D eigenvalue weighted by atomic mass is 32.2. The summed E-state index contributed by atoms with van der Waals surface area (Å²) in [5, 5.41) is 1.11. The molecule has 0 fully saturated rings. The summed E-state index contributed by atoms with van der Waals surface area (Å²) in [5.74, 6) is 2.04. The fraction of sp³-hybridized carbons (Fsp3) is 0.417. The van der Waals surface area contributed by atoms with Crippen LogP contribution in [0.4, 0.5) is 18.9 Å². The fourth-order valence-corrected chi connectivity index (χ4v) is 4.41. The number of halogens is 3. The van der Waals surface area contributed by atoms with Crippen LogP contribution in [0.3, 0.4) is 0 Å². The third kappa shape index (κ3) is 6.84. The molecule has 1 atom stereocenters. The third-order valence-corrected chi connectivity index (χ3v) is 6.40. The smallest absolute Gasteiger partial charge is 0.416 e. The Hall–Kier alpha value is -2.32. The number of alkyl halides is 3. The maximum absolute atomic E-state index is 12.7. The Labute approximate surface area is 191 Å². The maximum atomic E-state index is 12.7. The van der Waals surface area contributed by atoms with Crippen molar-refractivity contribution in [2.45, 2.75) is 32.4 Å². The number of benzene rings is 2. The minimum atomic E-state index is -4.34. The van der Waals surface area contributed by atoms with E-state index in [1.807, 2.05) is 18.3 Å². The Bertz CT molecular complexity index is 974. The average Bonchev–Trinajstić information content (AvgIpc) is 3.18. The summed E-state index contributed by atoms with van der Waals surface area (Å²) < 4.78 is 52.2. The van der Waals surface area contributed by atoms with Crippen LogP contribution in [0, 0.1) is 5.92 Å². The highest BCUT2D eigenvalue weighted by molar-refractivity contribution is 8.00. The number of anilines is 1. The Kier molecular flexibility index (Phi) is 8.75. The lowest BCUT2D eigenvalue weighted by atomic mass is 10.1. The van der Waals surface area contributed by atoms with Crippen molar-refractivity contribution in [2.75, 3.05) is 30.8 Å². The summed E-state index contributed by atoms with van der Waals surface area (Å²) in [6.07, 6.45) is 0.462. The third-order valence-electron chi connectivity index (χ3n) is 5.40. The summed E-state index contributed by atoms with van der Waals surface area (Å²) in [6, 6.07) is 11.0. The van der Waals surface area contributed by atoms with Gasteiger partial charge in [-0.1, -0.05) is 31.4 Å². The van der Waals surface area contributed by atoms with Crippen LogP contribution in [0.5, 0.6) is 5.75 Å². The van der Waals surface area contributed by atoms with Gasteiger partial charge in [-0.3, -0.25) is 0 Å². The van der Waals surface area contributed by atoms with E-state index in [0.717, 1.165) is 59.5 Å². The van der Waals surface area contributed by atoms with Gasteiger partial charge >= 0.3 is 6.18 Å². The van der Waals surface area contributed by atoms with E-state index in [4.69, 9.17) is 9.47 Å². The fourth-order valence-electron chi connectivity index (χ4n) is 3.36. The molecule has 0 radical (unpaired) electrons. The number of methoxy groups -OCH3 is 1. The van der Waals surface area contributed by atoms with Crippen molar-refractivity contribution in [1.82, 2.24) is 4.98 Å². The topological polar surface area (TPSA) is 46.3 Å². The normalized spacial score (nSPS) is 12.8. The van der Waals surface area contributed by atoms with Crippen molar-refractivity contribution >= 4 is 28.5 Å². The lowest BCUT2D eigenvalue weighted by Gasteiger charge is -2.14. The summed E-state index contributed by atoms with van der Waals surface area (Å²) in [4.78, 5) is 3.28. The van der Waals surface area contributed by atoms with Crippen LogP contribution in [-0.4, -0.2) is 31.1 Å². The first kappa shape index (κ1) is 24.3. The highest BCUT2D eigenvalue weighted by Crippen LogP contribution is 2.30. The molecule has 0 aliphatic carbocycles. The minimum Gasteiger partial charge on any atom is -0.493 e. The molecule has 4 nitrogen and oxygen atoms in total. The number of ether oxygens (including phenoxy) is 2. The summed E-state index contributed by atoms with van der Waals surface area (Å²) >= 11 is 1.70. The second kappa shape index (κ2) is 11.5. The van der Waals surface area contributed by atoms with Crippen molar-refractivity contribution in [3.63, 3.8) is 0 Å². The van der Waals surface area contributed by atoms with Gasteiger partial charge in [0.15, 0.2) is 0 Å². The van der Waals surface area contributed by atoms with Gasteiger partial charge < -0.3 is 19.2 Å². The lowest BCUT2D eigenvalue weighted by molar-refractivity contribution is -0.137. The molecule has 2 aromatic carbocycles. The van der Waals surface area contributed by atoms with Gasteiger partial charge in [0, 0.05) is 43.0 Å². The number of H-pyrrole nitrogens is 1. The molecule has 0 saturated heterocycles. The van der Waals surface area contributed by atoms with Gasteiger partial charge in [0.25, 0.3) is 0 Å². The second-order valence-electron chi connectivity index (χ2n) is 7.67. The molecular formula is C24H29F3N2O2S. The molecule has 0 bridgehead atoms. The van der Waals surface area contributed by atoms with Gasteiger partial charge in [-0.25, -0.2) is 0 Å². The van der Waals surface area contributed by atoms with Crippen LogP contribution >= 0.6 is 11.9 Å². The predicted octanol–water partition coefficient (Wildman–Crippen LogP) is 6.93. The van der Waals surface area contributed by atoms with E-state index in [0.29, 0.717) is 24.7 Å². The molecule has 1 unspecified atom stereocenters. The first-order valence-corrected chi connectivity index (χ1v) is 11.7. The van der Waals surface area contributed by atoms with E-state index >= 15 is 0 Å². The van der Waals surface area contributed by atoms with Crippen LogP contribution in [0.2, 0.25) is 0 Å². The van der Waals surface area contributed by atoms with E-state index in [1.54, 1.807) is 19.1 Å². The quantitative estimate of drug-likeness (QED) is 0.284. The van der Waals surface area contributed by atoms with Gasteiger partial charge in [0.1, 0.15) is 5.75 Å². The van der Waals surface area contributed by atoms with E-state index in [-0.39, 0.29) is 0 Å². The molecule has 0 amide bonds. The Morgan fingerprint density at radius 2 is 1.88 bits per heavy atom. The monoisotopic (exact) mass is 466 g/mol. The number of rotatable bonds is 12. The molecule has 1 heterocycles. The van der Waals surface area contributed by atoms with E-state index < -0.39 is 11.7 Å². The molecule has 174 valence electrons. The summed E-state index contributed by atoms with van der Waals surface area (Å²) in [5.41, 5.74) is 2.51. The zero-order valence-corrected chi connectivity index (χ0v) is 19.1. The van der Waals surface area contributed by atoms with Gasteiger partial charge in [-0.05, 0) is 54.3 Å². The Balaban J connectivity index is 1.53. The number of hydrogen-bond acceptors (Lipinski definition) is 4. The van der Waals surface area contributed by atoms with Crippen molar-refractivity contribution in [1.29, 1.82) is 0 Å². The Morgan fingerprint density at radius 3 is 2.56 bits per heavy atom. The van der Waals surface area contributed by atoms with E-state index in [2.05, 4.69) is 22.7 Å². The number of nitrogens with one attached hydrogen (secondary N) is 2. The zero-order valence-electron chi connectivity index (χ0n) is 18.3.